The fourth-order valence-corrected chi connectivity index (χ4v) is 2.12. The molecule has 0 fully saturated rings. The van der Waals surface area contributed by atoms with Crippen LogP contribution in [0.3, 0.4) is 0 Å². The molecule has 2 nitrogen and oxygen atoms in total. The highest BCUT2D eigenvalue weighted by Crippen LogP contribution is 2.19. The number of pyridine rings is 1. The lowest BCUT2D eigenvalue weighted by Gasteiger charge is -2.05. The van der Waals surface area contributed by atoms with Crippen molar-refractivity contribution in [3.63, 3.8) is 0 Å². The van der Waals surface area contributed by atoms with Gasteiger partial charge >= 0.3 is 0 Å². The average molecular weight is 216 g/mol. The van der Waals surface area contributed by atoms with E-state index in [4.69, 9.17) is 0 Å². The Kier molecular flexibility index (Phi) is 4.56. The topological polar surface area (TPSA) is 24.9 Å². The van der Waals surface area contributed by atoms with E-state index in [1.807, 2.05) is 12.4 Å². The molecule has 1 aliphatic carbocycles. The van der Waals surface area contributed by atoms with E-state index >= 15 is 0 Å². The van der Waals surface area contributed by atoms with Crippen molar-refractivity contribution < 1.29 is 0 Å². The highest BCUT2D eigenvalue weighted by Gasteiger charge is 2.03. The van der Waals surface area contributed by atoms with E-state index < -0.39 is 0 Å². The summed E-state index contributed by atoms with van der Waals surface area (Å²) in [6, 6.07) is 4.17. The monoisotopic (exact) mass is 216 g/mol. The van der Waals surface area contributed by atoms with Gasteiger partial charge in [0, 0.05) is 12.4 Å². The van der Waals surface area contributed by atoms with E-state index in [-0.39, 0.29) is 0 Å². The molecule has 0 saturated carbocycles. The van der Waals surface area contributed by atoms with Crippen LogP contribution in [0.4, 0.5) is 0 Å². The third kappa shape index (κ3) is 3.78. The van der Waals surface area contributed by atoms with Crippen LogP contribution in [-0.4, -0.2) is 18.1 Å². The first-order chi connectivity index (χ1) is 7.95. The third-order valence-electron chi connectivity index (χ3n) is 3.10. The van der Waals surface area contributed by atoms with E-state index in [0.717, 1.165) is 19.5 Å². The zero-order valence-corrected chi connectivity index (χ0v) is 9.78. The molecule has 0 amide bonds. The number of rotatable bonds is 6. The summed E-state index contributed by atoms with van der Waals surface area (Å²) in [5, 5.41) is 3.50. The third-order valence-corrected chi connectivity index (χ3v) is 3.10. The average Bonchev–Trinajstić information content (AvgIpc) is 2.83. The molecule has 2 rings (SSSR count). The molecule has 0 bridgehead atoms. The summed E-state index contributed by atoms with van der Waals surface area (Å²) < 4.78 is 0. The predicted octanol–water partition coefficient (Wildman–Crippen LogP) is 2.71. The maximum Gasteiger partial charge on any atom is 0.0270 e. The van der Waals surface area contributed by atoms with Crippen molar-refractivity contribution in [1.29, 1.82) is 0 Å². The van der Waals surface area contributed by atoms with Crippen molar-refractivity contribution in [3.05, 3.63) is 41.7 Å². The molecule has 1 aromatic heterocycles. The minimum Gasteiger partial charge on any atom is -0.316 e. The number of allylic oxidation sites excluding steroid dienone is 1. The predicted molar refractivity (Wildman–Crippen MR) is 67.4 cm³/mol. The Morgan fingerprint density at radius 1 is 1.12 bits per heavy atom. The SMILES string of the molecule is C1=C(CCNCCc2ccncc2)CCC1. The van der Waals surface area contributed by atoms with Gasteiger partial charge in [0.15, 0.2) is 0 Å². The zero-order valence-electron chi connectivity index (χ0n) is 9.78. The smallest absolute Gasteiger partial charge is 0.0270 e. The van der Waals surface area contributed by atoms with Crippen molar-refractivity contribution >= 4 is 0 Å². The second kappa shape index (κ2) is 6.44. The first kappa shape index (κ1) is 11.3. The number of hydrogen-bond acceptors (Lipinski definition) is 2. The Labute approximate surface area is 97.8 Å². The largest absolute Gasteiger partial charge is 0.316 e. The molecule has 0 spiro atoms. The maximum absolute atomic E-state index is 4.01. The molecule has 0 saturated heterocycles. The van der Waals surface area contributed by atoms with Gasteiger partial charge in [0.25, 0.3) is 0 Å². The van der Waals surface area contributed by atoms with Crippen molar-refractivity contribution in [2.45, 2.75) is 32.1 Å². The van der Waals surface area contributed by atoms with E-state index in [2.05, 4.69) is 28.5 Å². The van der Waals surface area contributed by atoms with Crippen LogP contribution in [0.1, 0.15) is 31.2 Å². The fourth-order valence-electron chi connectivity index (χ4n) is 2.12. The van der Waals surface area contributed by atoms with Crippen molar-refractivity contribution in [3.8, 4) is 0 Å². The molecular weight excluding hydrogens is 196 g/mol. The summed E-state index contributed by atoms with van der Waals surface area (Å²) in [6.45, 7) is 2.19. The summed E-state index contributed by atoms with van der Waals surface area (Å²) in [5.74, 6) is 0. The molecule has 1 heterocycles. The Morgan fingerprint density at radius 3 is 2.69 bits per heavy atom. The Bertz CT molecular complexity index is 330. The first-order valence-electron chi connectivity index (χ1n) is 6.23. The van der Waals surface area contributed by atoms with Gasteiger partial charge in [-0.25, -0.2) is 0 Å². The summed E-state index contributed by atoms with van der Waals surface area (Å²) in [7, 11) is 0. The summed E-state index contributed by atoms with van der Waals surface area (Å²) in [4.78, 5) is 4.01. The molecule has 0 aliphatic heterocycles. The van der Waals surface area contributed by atoms with Crippen LogP contribution in [-0.2, 0) is 6.42 Å². The molecule has 2 heteroatoms. The number of hydrogen-bond donors (Lipinski definition) is 1. The number of nitrogens with one attached hydrogen (secondary N) is 1. The summed E-state index contributed by atoms with van der Waals surface area (Å²) in [6.07, 6.45) is 12.4. The zero-order chi connectivity index (χ0) is 11.1. The molecule has 86 valence electrons. The molecule has 1 N–H and O–H groups in total. The van der Waals surface area contributed by atoms with Crippen LogP contribution in [0.25, 0.3) is 0 Å². The summed E-state index contributed by atoms with van der Waals surface area (Å²) in [5.41, 5.74) is 3.01. The van der Waals surface area contributed by atoms with Gasteiger partial charge in [-0.15, -0.1) is 0 Å². The van der Waals surface area contributed by atoms with Crippen LogP contribution in [0.5, 0.6) is 0 Å². The lowest BCUT2D eigenvalue weighted by molar-refractivity contribution is 0.671. The second-order valence-corrected chi connectivity index (χ2v) is 4.36. The summed E-state index contributed by atoms with van der Waals surface area (Å²) >= 11 is 0. The van der Waals surface area contributed by atoms with E-state index in [9.17, 15) is 0 Å². The van der Waals surface area contributed by atoms with Gasteiger partial charge in [-0.3, -0.25) is 4.98 Å². The van der Waals surface area contributed by atoms with Gasteiger partial charge in [-0.05, 0) is 62.9 Å². The number of aromatic nitrogens is 1. The first-order valence-corrected chi connectivity index (χ1v) is 6.23. The molecular formula is C14H20N2. The van der Waals surface area contributed by atoms with Crippen LogP contribution in [0.2, 0.25) is 0 Å². The van der Waals surface area contributed by atoms with E-state index in [1.54, 1.807) is 5.57 Å². The Morgan fingerprint density at radius 2 is 1.94 bits per heavy atom. The lowest BCUT2D eigenvalue weighted by Crippen LogP contribution is -2.18. The Balaban J connectivity index is 1.55. The molecule has 0 aromatic carbocycles. The van der Waals surface area contributed by atoms with Crippen LogP contribution >= 0.6 is 0 Å². The second-order valence-electron chi connectivity index (χ2n) is 4.36. The highest BCUT2D eigenvalue weighted by atomic mass is 14.8. The molecule has 1 aromatic rings. The van der Waals surface area contributed by atoms with Gasteiger partial charge in [0.2, 0.25) is 0 Å². The fraction of sp³-hybridized carbons (Fsp3) is 0.500. The van der Waals surface area contributed by atoms with E-state index in [0.29, 0.717) is 0 Å². The lowest BCUT2D eigenvalue weighted by atomic mass is 10.1. The quantitative estimate of drug-likeness (QED) is 0.584. The van der Waals surface area contributed by atoms with Crippen LogP contribution in [0.15, 0.2) is 36.2 Å². The minimum absolute atomic E-state index is 1.07. The minimum atomic E-state index is 1.07. The van der Waals surface area contributed by atoms with Crippen molar-refractivity contribution in [2.24, 2.45) is 0 Å². The normalized spacial score (nSPS) is 15.1. The van der Waals surface area contributed by atoms with Gasteiger partial charge in [-0.1, -0.05) is 11.6 Å². The molecule has 1 aliphatic rings. The van der Waals surface area contributed by atoms with Crippen LogP contribution in [0, 0.1) is 0 Å². The van der Waals surface area contributed by atoms with Gasteiger partial charge in [0.05, 0.1) is 0 Å². The van der Waals surface area contributed by atoms with E-state index in [1.165, 1.54) is 31.2 Å². The van der Waals surface area contributed by atoms with Crippen LogP contribution < -0.4 is 5.32 Å². The van der Waals surface area contributed by atoms with Crippen molar-refractivity contribution in [2.75, 3.05) is 13.1 Å². The van der Waals surface area contributed by atoms with Gasteiger partial charge in [0.1, 0.15) is 0 Å². The molecule has 16 heavy (non-hydrogen) atoms. The molecule has 0 atom stereocenters. The maximum atomic E-state index is 4.01. The Hall–Kier alpha value is -1.15. The van der Waals surface area contributed by atoms with Gasteiger partial charge < -0.3 is 5.32 Å². The molecule has 0 unspecified atom stereocenters. The molecule has 0 radical (unpaired) electrons. The number of nitrogens with zero attached hydrogens (tertiary/aromatic N) is 1. The van der Waals surface area contributed by atoms with Crippen molar-refractivity contribution in [1.82, 2.24) is 10.3 Å². The standard InChI is InChI=1S/C14H20N2/c1-2-4-13(3-1)5-9-15-10-6-14-7-11-16-12-8-14/h3,7-8,11-12,15H,1-2,4-6,9-10H2. The van der Waals surface area contributed by atoms with Gasteiger partial charge in [-0.2, -0.15) is 0 Å². The highest BCUT2D eigenvalue weighted by molar-refractivity contribution is 5.10.